The second-order valence-electron chi connectivity index (χ2n) is 5.13. The van der Waals surface area contributed by atoms with Gasteiger partial charge in [-0.3, -0.25) is 4.68 Å². The maximum absolute atomic E-state index is 4.39. The molecule has 0 amide bonds. The third-order valence-electron chi connectivity index (χ3n) is 3.70. The number of rotatable bonds is 6. The van der Waals surface area contributed by atoms with Crippen LogP contribution in [-0.2, 0) is 13.0 Å². The van der Waals surface area contributed by atoms with Gasteiger partial charge in [-0.1, -0.05) is 6.92 Å². The van der Waals surface area contributed by atoms with E-state index < -0.39 is 0 Å². The van der Waals surface area contributed by atoms with Crippen LogP contribution in [0.15, 0.2) is 6.33 Å². The monoisotopic (exact) mass is 222 g/mol. The van der Waals surface area contributed by atoms with Gasteiger partial charge in [0.1, 0.15) is 12.2 Å². The molecule has 1 fully saturated rings. The van der Waals surface area contributed by atoms with Gasteiger partial charge in [0.05, 0.1) is 0 Å². The average molecular weight is 222 g/mol. The van der Waals surface area contributed by atoms with Crippen molar-refractivity contribution in [2.75, 3.05) is 13.6 Å². The van der Waals surface area contributed by atoms with E-state index in [0.29, 0.717) is 5.41 Å². The van der Waals surface area contributed by atoms with E-state index in [9.17, 15) is 0 Å². The highest BCUT2D eigenvalue weighted by Crippen LogP contribution is 2.46. The molecular weight excluding hydrogens is 200 g/mol. The van der Waals surface area contributed by atoms with Gasteiger partial charge in [0.25, 0.3) is 0 Å². The summed E-state index contributed by atoms with van der Waals surface area (Å²) in [7, 11) is 2.03. The van der Waals surface area contributed by atoms with Crippen molar-refractivity contribution in [1.29, 1.82) is 0 Å². The van der Waals surface area contributed by atoms with Gasteiger partial charge in [0, 0.05) is 19.5 Å². The van der Waals surface area contributed by atoms with Crippen molar-refractivity contribution >= 4 is 0 Å². The Labute approximate surface area is 97.5 Å². The van der Waals surface area contributed by atoms with E-state index in [2.05, 4.69) is 29.2 Å². The minimum absolute atomic E-state index is 0.342. The molecule has 1 N–H and O–H groups in total. The number of hydrogen-bond donors (Lipinski definition) is 1. The van der Waals surface area contributed by atoms with E-state index in [1.165, 1.54) is 12.8 Å². The van der Waals surface area contributed by atoms with Crippen LogP contribution in [0.5, 0.6) is 0 Å². The van der Waals surface area contributed by atoms with Crippen LogP contribution in [0.25, 0.3) is 0 Å². The Hall–Kier alpha value is -0.900. The number of aromatic nitrogens is 3. The van der Waals surface area contributed by atoms with Crippen molar-refractivity contribution in [3.63, 3.8) is 0 Å². The van der Waals surface area contributed by atoms with Crippen molar-refractivity contribution in [1.82, 2.24) is 20.1 Å². The fraction of sp³-hybridized carbons (Fsp3) is 0.833. The van der Waals surface area contributed by atoms with Crippen molar-refractivity contribution in [2.24, 2.45) is 11.3 Å². The lowest BCUT2D eigenvalue weighted by atomic mass is 9.81. The lowest BCUT2D eigenvalue weighted by Crippen LogP contribution is -2.34. The Bertz CT molecular complexity index is 343. The first-order chi connectivity index (χ1) is 7.69. The number of nitrogens with zero attached hydrogens (tertiary/aromatic N) is 3. The largest absolute Gasteiger partial charge is 0.319 e. The van der Waals surface area contributed by atoms with Gasteiger partial charge >= 0.3 is 0 Å². The highest BCUT2D eigenvalue weighted by molar-refractivity contribution is 5.00. The van der Waals surface area contributed by atoms with Crippen LogP contribution in [0.3, 0.4) is 0 Å². The summed E-state index contributed by atoms with van der Waals surface area (Å²) in [5.74, 6) is 1.99. The van der Waals surface area contributed by atoms with Gasteiger partial charge in [-0.2, -0.15) is 5.10 Å². The molecule has 4 nitrogen and oxygen atoms in total. The SMILES string of the molecule is CCn1ncnc1CC(C)(CNC)C1CC1. The molecule has 1 aliphatic rings. The van der Waals surface area contributed by atoms with Crippen LogP contribution in [0.4, 0.5) is 0 Å². The molecule has 1 aromatic heterocycles. The molecule has 1 aromatic rings. The smallest absolute Gasteiger partial charge is 0.138 e. The van der Waals surface area contributed by atoms with Crippen LogP contribution in [0, 0.1) is 11.3 Å². The molecule has 1 unspecified atom stereocenters. The van der Waals surface area contributed by atoms with E-state index in [1.807, 2.05) is 11.7 Å². The quantitative estimate of drug-likeness (QED) is 0.792. The molecule has 0 aromatic carbocycles. The molecule has 2 rings (SSSR count). The van der Waals surface area contributed by atoms with Gasteiger partial charge in [0.2, 0.25) is 0 Å². The minimum atomic E-state index is 0.342. The Kier molecular flexibility index (Phi) is 3.28. The zero-order valence-corrected chi connectivity index (χ0v) is 10.5. The Morgan fingerprint density at radius 1 is 1.56 bits per heavy atom. The number of hydrogen-bond acceptors (Lipinski definition) is 3. The lowest BCUT2D eigenvalue weighted by Gasteiger charge is -2.29. The zero-order chi connectivity index (χ0) is 11.6. The Morgan fingerprint density at radius 2 is 2.31 bits per heavy atom. The first kappa shape index (κ1) is 11.6. The Morgan fingerprint density at radius 3 is 2.88 bits per heavy atom. The second-order valence-corrected chi connectivity index (χ2v) is 5.13. The third-order valence-corrected chi connectivity index (χ3v) is 3.70. The van der Waals surface area contributed by atoms with Crippen LogP contribution in [0.1, 0.15) is 32.5 Å². The van der Waals surface area contributed by atoms with Gasteiger partial charge < -0.3 is 5.32 Å². The first-order valence-corrected chi connectivity index (χ1v) is 6.21. The van der Waals surface area contributed by atoms with Crippen LogP contribution < -0.4 is 5.32 Å². The molecule has 16 heavy (non-hydrogen) atoms. The molecule has 0 saturated heterocycles. The summed E-state index contributed by atoms with van der Waals surface area (Å²) >= 11 is 0. The van der Waals surface area contributed by atoms with Gasteiger partial charge in [-0.25, -0.2) is 4.98 Å². The molecule has 1 aliphatic carbocycles. The topological polar surface area (TPSA) is 42.7 Å². The van der Waals surface area contributed by atoms with Gasteiger partial charge in [-0.15, -0.1) is 0 Å². The fourth-order valence-electron chi connectivity index (χ4n) is 2.59. The van der Waals surface area contributed by atoms with Crippen LogP contribution >= 0.6 is 0 Å². The summed E-state index contributed by atoms with van der Waals surface area (Å²) in [5.41, 5.74) is 0.342. The normalized spacial score (nSPS) is 19.7. The molecule has 4 heteroatoms. The molecule has 1 saturated carbocycles. The maximum atomic E-state index is 4.39. The standard InChI is InChI=1S/C12H22N4/c1-4-16-11(14-9-15-16)7-12(2,8-13-3)10-5-6-10/h9-10,13H,4-8H2,1-3H3. The minimum Gasteiger partial charge on any atom is -0.319 e. The predicted molar refractivity (Wildman–Crippen MR) is 64.2 cm³/mol. The molecule has 0 radical (unpaired) electrons. The molecule has 0 spiro atoms. The molecule has 0 aliphatic heterocycles. The number of nitrogens with one attached hydrogen (secondary N) is 1. The molecule has 90 valence electrons. The third kappa shape index (κ3) is 2.26. The molecule has 1 atom stereocenters. The van der Waals surface area contributed by atoms with E-state index in [-0.39, 0.29) is 0 Å². The summed E-state index contributed by atoms with van der Waals surface area (Å²) < 4.78 is 2.01. The van der Waals surface area contributed by atoms with Crippen molar-refractivity contribution in [2.45, 2.75) is 39.7 Å². The van der Waals surface area contributed by atoms with E-state index in [1.54, 1.807) is 6.33 Å². The maximum Gasteiger partial charge on any atom is 0.138 e. The van der Waals surface area contributed by atoms with E-state index >= 15 is 0 Å². The van der Waals surface area contributed by atoms with Gasteiger partial charge in [-0.05, 0) is 38.1 Å². The highest BCUT2D eigenvalue weighted by Gasteiger charge is 2.41. The van der Waals surface area contributed by atoms with Crippen molar-refractivity contribution in [3.05, 3.63) is 12.2 Å². The average Bonchev–Trinajstić information content (AvgIpc) is 3.02. The van der Waals surface area contributed by atoms with Crippen LogP contribution in [-0.4, -0.2) is 28.4 Å². The van der Waals surface area contributed by atoms with Crippen molar-refractivity contribution in [3.8, 4) is 0 Å². The number of aryl methyl sites for hydroxylation is 1. The summed E-state index contributed by atoms with van der Waals surface area (Å²) in [4.78, 5) is 4.39. The first-order valence-electron chi connectivity index (χ1n) is 6.21. The Balaban J connectivity index is 2.10. The predicted octanol–water partition coefficient (Wildman–Crippen LogP) is 1.48. The van der Waals surface area contributed by atoms with E-state index in [4.69, 9.17) is 0 Å². The zero-order valence-electron chi connectivity index (χ0n) is 10.5. The lowest BCUT2D eigenvalue weighted by molar-refractivity contribution is 0.253. The van der Waals surface area contributed by atoms with E-state index in [0.717, 1.165) is 31.3 Å². The summed E-state index contributed by atoms with van der Waals surface area (Å²) in [6, 6.07) is 0. The summed E-state index contributed by atoms with van der Waals surface area (Å²) in [5, 5.41) is 7.57. The van der Waals surface area contributed by atoms with Crippen LogP contribution in [0.2, 0.25) is 0 Å². The second kappa shape index (κ2) is 4.53. The summed E-state index contributed by atoms with van der Waals surface area (Å²) in [6.45, 7) is 6.46. The van der Waals surface area contributed by atoms with Gasteiger partial charge in [0.15, 0.2) is 0 Å². The molecule has 1 heterocycles. The highest BCUT2D eigenvalue weighted by atomic mass is 15.3. The van der Waals surface area contributed by atoms with Crippen molar-refractivity contribution < 1.29 is 0 Å². The summed E-state index contributed by atoms with van der Waals surface area (Å²) in [6.07, 6.45) is 5.45. The molecule has 0 bridgehead atoms. The molecular formula is C12H22N4. The fourth-order valence-corrected chi connectivity index (χ4v) is 2.59.